The number of furan rings is 1. The number of carboxylic acids is 1. The monoisotopic (exact) mass is 298 g/mol. The fourth-order valence-electron chi connectivity index (χ4n) is 2.16. The third-order valence-corrected chi connectivity index (χ3v) is 3.36. The molecule has 22 heavy (non-hydrogen) atoms. The maximum atomic E-state index is 10.9. The molecule has 2 aromatic carbocycles. The molecule has 1 N–H and O–H groups in total. The van der Waals surface area contributed by atoms with Crippen LogP contribution in [-0.2, 0) is 6.61 Å². The number of rotatable bonds is 5. The van der Waals surface area contributed by atoms with E-state index >= 15 is 0 Å². The Morgan fingerprint density at radius 1 is 1.14 bits per heavy atom. The number of hydrogen-bond acceptors (Lipinski definition) is 4. The first-order valence-electron chi connectivity index (χ1n) is 6.67. The van der Waals surface area contributed by atoms with Crippen molar-refractivity contribution in [2.45, 2.75) is 6.61 Å². The minimum Gasteiger partial charge on any atom is -0.497 e. The van der Waals surface area contributed by atoms with Crippen molar-refractivity contribution in [2.24, 2.45) is 0 Å². The number of methoxy groups -OCH3 is 1. The van der Waals surface area contributed by atoms with Crippen molar-refractivity contribution in [3.63, 3.8) is 0 Å². The first-order chi connectivity index (χ1) is 10.7. The molecule has 1 heterocycles. The average Bonchev–Trinajstić information content (AvgIpc) is 2.95. The largest absolute Gasteiger partial charge is 0.497 e. The quantitative estimate of drug-likeness (QED) is 0.777. The molecule has 0 saturated heterocycles. The average molecular weight is 298 g/mol. The highest BCUT2D eigenvalue weighted by Crippen LogP contribution is 2.24. The molecule has 3 rings (SSSR count). The van der Waals surface area contributed by atoms with Gasteiger partial charge in [0.1, 0.15) is 23.7 Å². The molecule has 5 heteroatoms. The summed E-state index contributed by atoms with van der Waals surface area (Å²) in [7, 11) is 1.61. The van der Waals surface area contributed by atoms with E-state index in [9.17, 15) is 4.79 Å². The van der Waals surface area contributed by atoms with E-state index in [1.165, 1.54) is 6.07 Å². The molecule has 0 saturated carbocycles. The number of ether oxygens (including phenoxy) is 2. The zero-order valence-electron chi connectivity index (χ0n) is 11.9. The maximum absolute atomic E-state index is 10.9. The standard InChI is InChI=1S/C17H14O5/c1-20-13-3-5-14(6-4-13)21-9-12-10-22-16-8-11(17(18)19)2-7-15(12)16/h2-8,10H,9H2,1H3,(H,18,19). The summed E-state index contributed by atoms with van der Waals surface area (Å²) >= 11 is 0. The minimum atomic E-state index is -0.977. The highest BCUT2D eigenvalue weighted by Gasteiger charge is 2.10. The number of fused-ring (bicyclic) bond motifs is 1. The van der Waals surface area contributed by atoms with E-state index in [1.54, 1.807) is 25.5 Å². The summed E-state index contributed by atoms with van der Waals surface area (Å²) in [6.45, 7) is 0.339. The molecule has 0 bridgehead atoms. The van der Waals surface area contributed by atoms with Gasteiger partial charge in [0.2, 0.25) is 0 Å². The van der Waals surface area contributed by atoms with Crippen LogP contribution in [0.3, 0.4) is 0 Å². The van der Waals surface area contributed by atoms with Crippen molar-refractivity contribution in [3.8, 4) is 11.5 Å². The van der Waals surface area contributed by atoms with Crippen LogP contribution in [0.5, 0.6) is 11.5 Å². The molecule has 0 fully saturated rings. The molecule has 0 radical (unpaired) electrons. The van der Waals surface area contributed by atoms with E-state index in [1.807, 2.05) is 24.3 Å². The first-order valence-corrected chi connectivity index (χ1v) is 6.67. The Morgan fingerprint density at radius 3 is 2.55 bits per heavy atom. The third kappa shape index (κ3) is 2.74. The second kappa shape index (κ2) is 5.81. The highest BCUT2D eigenvalue weighted by atomic mass is 16.5. The lowest BCUT2D eigenvalue weighted by Gasteiger charge is -2.06. The Bertz CT molecular complexity index is 802. The molecule has 0 atom stereocenters. The summed E-state index contributed by atoms with van der Waals surface area (Å²) in [5, 5.41) is 9.82. The smallest absolute Gasteiger partial charge is 0.335 e. The van der Waals surface area contributed by atoms with Crippen LogP contribution in [0.4, 0.5) is 0 Å². The van der Waals surface area contributed by atoms with Gasteiger partial charge in [-0.3, -0.25) is 0 Å². The lowest BCUT2D eigenvalue weighted by Crippen LogP contribution is -1.96. The highest BCUT2D eigenvalue weighted by molar-refractivity contribution is 5.93. The minimum absolute atomic E-state index is 0.199. The van der Waals surface area contributed by atoms with Crippen LogP contribution in [0.2, 0.25) is 0 Å². The van der Waals surface area contributed by atoms with Crippen molar-refractivity contribution >= 4 is 16.9 Å². The van der Waals surface area contributed by atoms with Crippen LogP contribution in [0.15, 0.2) is 53.1 Å². The van der Waals surface area contributed by atoms with Gasteiger partial charge in [0.15, 0.2) is 0 Å². The third-order valence-electron chi connectivity index (χ3n) is 3.36. The summed E-state index contributed by atoms with van der Waals surface area (Å²) < 4.78 is 16.2. The zero-order valence-corrected chi connectivity index (χ0v) is 11.9. The van der Waals surface area contributed by atoms with Crippen molar-refractivity contribution in [1.82, 2.24) is 0 Å². The number of carboxylic acid groups (broad SMARTS) is 1. The van der Waals surface area contributed by atoms with Gasteiger partial charge in [-0.1, -0.05) is 0 Å². The topological polar surface area (TPSA) is 68.9 Å². The molecule has 0 aliphatic heterocycles. The van der Waals surface area contributed by atoms with E-state index in [0.717, 1.165) is 22.4 Å². The molecule has 112 valence electrons. The van der Waals surface area contributed by atoms with Gasteiger partial charge in [-0.25, -0.2) is 4.79 Å². The first kappa shape index (κ1) is 14.0. The molecular weight excluding hydrogens is 284 g/mol. The van der Waals surface area contributed by atoms with Crippen molar-refractivity contribution < 1.29 is 23.8 Å². The lowest BCUT2D eigenvalue weighted by atomic mass is 10.1. The Kier molecular flexibility index (Phi) is 3.70. The van der Waals surface area contributed by atoms with E-state index in [-0.39, 0.29) is 5.56 Å². The van der Waals surface area contributed by atoms with E-state index in [0.29, 0.717) is 12.2 Å². The Morgan fingerprint density at radius 2 is 1.86 bits per heavy atom. The van der Waals surface area contributed by atoms with Crippen LogP contribution < -0.4 is 9.47 Å². The van der Waals surface area contributed by atoms with Gasteiger partial charge in [-0.05, 0) is 42.5 Å². The molecule has 0 amide bonds. The second-order valence-corrected chi connectivity index (χ2v) is 4.74. The fourth-order valence-corrected chi connectivity index (χ4v) is 2.16. The maximum Gasteiger partial charge on any atom is 0.335 e. The van der Waals surface area contributed by atoms with Crippen LogP contribution in [0.25, 0.3) is 11.0 Å². The van der Waals surface area contributed by atoms with Crippen LogP contribution in [0, 0.1) is 0 Å². The molecule has 3 aromatic rings. The summed E-state index contributed by atoms with van der Waals surface area (Å²) in [4.78, 5) is 10.9. The van der Waals surface area contributed by atoms with Gasteiger partial charge in [-0.15, -0.1) is 0 Å². The van der Waals surface area contributed by atoms with Crippen molar-refractivity contribution in [1.29, 1.82) is 0 Å². The summed E-state index contributed by atoms with van der Waals surface area (Å²) in [6.07, 6.45) is 1.58. The van der Waals surface area contributed by atoms with Gasteiger partial charge in [0.05, 0.1) is 18.9 Å². The van der Waals surface area contributed by atoms with Crippen LogP contribution in [-0.4, -0.2) is 18.2 Å². The number of benzene rings is 2. The summed E-state index contributed by atoms with van der Waals surface area (Å²) in [5.74, 6) is 0.508. The van der Waals surface area contributed by atoms with E-state index < -0.39 is 5.97 Å². The molecule has 0 spiro atoms. The Hall–Kier alpha value is -2.95. The summed E-state index contributed by atoms with van der Waals surface area (Å²) in [6, 6.07) is 12.1. The summed E-state index contributed by atoms with van der Waals surface area (Å²) in [5.41, 5.74) is 1.60. The van der Waals surface area contributed by atoms with Gasteiger partial charge in [-0.2, -0.15) is 0 Å². The van der Waals surface area contributed by atoms with E-state index in [4.69, 9.17) is 19.0 Å². The van der Waals surface area contributed by atoms with Crippen LogP contribution in [0.1, 0.15) is 15.9 Å². The second-order valence-electron chi connectivity index (χ2n) is 4.74. The molecule has 5 nitrogen and oxygen atoms in total. The van der Waals surface area contributed by atoms with Gasteiger partial charge < -0.3 is 19.0 Å². The van der Waals surface area contributed by atoms with Crippen molar-refractivity contribution in [2.75, 3.05) is 7.11 Å². The SMILES string of the molecule is COc1ccc(OCc2coc3cc(C(=O)O)ccc23)cc1. The van der Waals surface area contributed by atoms with E-state index in [2.05, 4.69) is 0 Å². The van der Waals surface area contributed by atoms with Gasteiger partial charge >= 0.3 is 5.97 Å². The zero-order chi connectivity index (χ0) is 15.5. The predicted molar refractivity (Wildman–Crippen MR) is 80.5 cm³/mol. The Balaban J connectivity index is 1.77. The normalized spacial score (nSPS) is 10.6. The molecular formula is C17H14O5. The number of hydrogen-bond donors (Lipinski definition) is 1. The van der Waals surface area contributed by atoms with Gasteiger partial charge in [0.25, 0.3) is 0 Å². The molecule has 0 aliphatic rings. The predicted octanol–water partition coefficient (Wildman–Crippen LogP) is 3.72. The fraction of sp³-hybridized carbons (Fsp3) is 0.118. The Labute approximate surface area is 126 Å². The van der Waals surface area contributed by atoms with Gasteiger partial charge in [0, 0.05) is 10.9 Å². The number of aromatic carboxylic acids is 1. The molecule has 0 unspecified atom stereocenters. The molecule has 1 aromatic heterocycles. The van der Waals surface area contributed by atoms with Crippen molar-refractivity contribution in [3.05, 3.63) is 59.9 Å². The number of carbonyl (C=O) groups is 1. The van der Waals surface area contributed by atoms with Crippen LogP contribution >= 0.6 is 0 Å². The molecule has 0 aliphatic carbocycles. The lowest BCUT2D eigenvalue weighted by molar-refractivity contribution is 0.0697.